The summed E-state index contributed by atoms with van der Waals surface area (Å²) in [7, 11) is -3.66. The number of urea groups is 1. The molecule has 0 bridgehead atoms. The molecule has 0 spiro atoms. The van der Waals surface area contributed by atoms with Crippen LogP contribution in [0, 0.1) is 5.82 Å². The van der Waals surface area contributed by atoms with Crippen LogP contribution in [0.2, 0.25) is 0 Å². The number of nitrogens with zero attached hydrogens (tertiary/aromatic N) is 3. The Labute approximate surface area is 166 Å². The molecule has 9 heteroatoms. The van der Waals surface area contributed by atoms with E-state index >= 15 is 0 Å². The summed E-state index contributed by atoms with van der Waals surface area (Å²) in [6.07, 6.45) is 4.76. The number of hydrogen-bond donors (Lipinski definition) is 1. The van der Waals surface area contributed by atoms with E-state index in [1.807, 2.05) is 0 Å². The van der Waals surface area contributed by atoms with Crippen LogP contribution in [-0.4, -0.2) is 80.9 Å². The van der Waals surface area contributed by atoms with E-state index in [1.54, 1.807) is 4.90 Å². The van der Waals surface area contributed by atoms with E-state index in [9.17, 15) is 17.6 Å². The zero-order chi connectivity index (χ0) is 20.0. The molecule has 28 heavy (non-hydrogen) atoms. The number of likely N-dealkylation sites (tertiary alicyclic amines) is 1. The minimum Gasteiger partial charge on any atom is -0.338 e. The third-order valence-corrected chi connectivity index (χ3v) is 7.27. The van der Waals surface area contributed by atoms with Crippen LogP contribution in [0.15, 0.2) is 29.2 Å². The van der Waals surface area contributed by atoms with Crippen molar-refractivity contribution in [2.24, 2.45) is 0 Å². The lowest BCUT2D eigenvalue weighted by Crippen LogP contribution is -2.53. The van der Waals surface area contributed by atoms with E-state index < -0.39 is 15.8 Å². The predicted molar refractivity (Wildman–Crippen MR) is 105 cm³/mol. The maximum atomic E-state index is 13.0. The zero-order valence-electron chi connectivity index (χ0n) is 16.1. The highest BCUT2D eigenvalue weighted by Gasteiger charge is 2.30. The van der Waals surface area contributed by atoms with Gasteiger partial charge in [0.25, 0.3) is 0 Å². The monoisotopic (exact) mass is 412 g/mol. The Balaban J connectivity index is 1.40. The minimum atomic E-state index is -3.66. The summed E-state index contributed by atoms with van der Waals surface area (Å²) in [5.74, 6) is -0.472. The molecule has 0 atom stereocenters. The molecular weight excluding hydrogens is 383 g/mol. The lowest BCUT2D eigenvalue weighted by atomic mass is 10.1. The average molecular weight is 413 g/mol. The fourth-order valence-corrected chi connectivity index (χ4v) is 5.10. The van der Waals surface area contributed by atoms with Gasteiger partial charge >= 0.3 is 6.03 Å². The first-order valence-corrected chi connectivity index (χ1v) is 11.4. The molecule has 156 valence electrons. The van der Waals surface area contributed by atoms with Crippen LogP contribution in [0.1, 0.15) is 25.7 Å². The molecule has 1 aromatic rings. The van der Waals surface area contributed by atoms with Crippen LogP contribution in [-0.2, 0) is 10.0 Å². The predicted octanol–water partition coefficient (Wildman–Crippen LogP) is 1.72. The summed E-state index contributed by atoms with van der Waals surface area (Å²) in [4.78, 5) is 16.5. The van der Waals surface area contributed by atoms with Crippen molar-refractivity contribution >= 4 is 16.1 Å². The average Bonchev–Trinajstić information content (AvgIpc) is 2.72. The summed E-state index contributed by atoms with van der Waals surface area (Å²) < 4.78 is 39.6. The maximum Gasteiger partial charge on any atom is 0.317 e. The van der Waals surface area contributed by atoms with E-state index in [0.29, 0.717) is 19.6 Å². The van der Waals surface area contributed by atoms with Gasteiger partial charge in [-0.15, -0.1) is 0 Å². The highest BCUT2D eigenvalue weighted by molar-refractivity contribution is 7.89. The molecule has 0 aromatic heterocycles. The van der Waals surface area contributed by atoms with Crippen molar-refractivity contribution < 1.29 is 17.6 Å². The summed E-state index contributed by atoms with van der Waals surface area (Å²) in [5.41, 5.74) is 0. The third-order valence-electron chi connectivity index (χ3n) is 5.35. The van der Waals surface area contributed by atoms with Crippen LogP contribution < -0.4 is 5.32 Å². The smallest absolute Gasteiger partial charge is 0.317 e. The van der Waals surface area contributed by atoms with Gasteiger partial charge in [0.15, 0.2) is 0 Å². The number of piperazine rings is 1. The van der Waals surface area contributed by atoms with Gasteiger partial charge in [-0.2, -0.15) is 4.31 Å². The van der Waals surface area contributed by atoms with Gasteiger partial charge in [-0.25, -0.2) is 17.6 Å². The van der Waals surface area contributed by atoms with Crippen molar-refractivity contribution in [2.75, 3.05) is 52.4 Å². The van der Waals surface area contributed by atoms with Crippen molar-refractivity contribution in [2.45, 2.75) is 30.6 Å². The topological polar surface area (TPSA) is 73.0 Å². The molecule has 1 aromatic carbocycles. The van der Waals surface area contributed by atoms with Gasteiger partial charge in [0.1, 0.15) is 5.82 Å². The summed E-state index contributed by atoms with van der Waals surface area (Å²) in [5, 5.41) is 2.93. The van der Waals surface area contributed by atoms with E-state index in [0.717, 1.165) is 38.2 Å². The summed E-state index contributed by atoms with van der Waals surface area (Å²) in [6, 6.07) is 4.68. The van der Waals surface area contributed by atoms with Crippen molar-refractivity contribution in [3.05, 3.63) is 30.1 Å². The fourth-order valence-electron chi connectivity index (χ4n) is 3.68. The Hall–Kier alpha value is -1.71. The standard InChI is InChI=1S/C19H29FN4O3S/c20-17-5-7-18(8-6-17)28(26,27)24-15-13-23(14-16-24)19(25)21-9-4-12-22-10-2-1-3-11-22/h5-8H,1-4,9-16H2,(H,21,25). The zero-order valence-corrected chi connectivity index (χ0v) is 17.0. The third kappa shape index (κ3) is 5.42. The minimum absolute atomic E-state index is 0.0736. The Morgan fingerprint density at radius 2 is 1.61 bits per heavy atom. The highest BCUT2D eigenvalue weighted by Crippen LogP contribution is 2.18. The van der Waals surface area contributed by atoms with Crippen LogP contribution in [0.4, 0.5) is 9.18 Å². The van der Waals surface area contributed by atoms with Crippen LogP contribution >= 0.6 is 0 Å². The quantitative estimate of drug-likeness (QED) is 0.722. The largest absolute Gasteiger partial charge is 0.338 e. The van der Waals surface area contributed by atoms with E-state index in [1.165, 1.54) is 35.7 Å². The van der Waals surface area contributed by atoms with E-state index in [-0.39, 0.29) is 24.0 Å². The molecule has 2 saturated heterocycles. The number of rotatable bonds is 6. The van der Waals surface area contributed by atoms with Crippen LogP contribution in [0.3, 0.4) is 0 Å². The Kier molecular flexibility index (Phi) is 7.25. The van der Waals surface area contributed by atoms with Gasteiger partial charge in [0.05, 0.1) is 4.90 Å². The molecule has 2 fully saturated rings. The van der Waals surface area contributed by atoms with Crippen molar-refractivity contribution in [3.8, 4) is 0 Å². The highest BCUT2D eigenvalue weighted by atomic mass is 32.2. The Bertz CT molecular complexity index is 743. The lowest BCUT2D eigenvalue weighted by molar-refractivity contribution is 0.171. The first-order valence-electron chi connectivity index (χ1n) is 9.98. The van der Waals surface area contributed by atoms with Crippen LogP contribution in [0.5, 0.6) is 0 Å². The maximum absolute atomic E-state index is 13.0. The van der Waals surface area contributed by atoms with Crippen molar-refractivity contribution in [1.82, 2.24) is 19.4 Å². The lowest BCUT2D eigenvalue weighted by Gasteiger charge is -2.34. The Morgan fingerprint density at radius 3 is 2.25 bits per heavy atom. The number of benzene rings is 1. The molecule has 2 aliphatic rings. The normalized spacial score (nSPS) is 19.5. The fraction of sp³-hybridized carbons (Fsp3) is 0.632. The molecule has 0 aliphatic carbocycles. The van der Waals surface area contributed by atoms with Crippen molar-refractivity contribution in [3.63, 3.8) is 0 Å². The second kappa shape index (κ2) is 9.67. The number of carbonyl (C=O) groups excluding carboxylic acids is 1. The van der Waals surface area contributed by atoms with E-state index in [4.69, 9.17) is 0 Å². The van der Waals surface area contributed by atoms with E-state index in [2.05, 4.69) is 10.2 Å². The van der Waals surface area contributed by atoms with Gasteiger partial charge in [-0.05, 0) is 63.2 Å². The number of nitrogens with one attached hydrogen (secondary N) is 1. The van der Waals surface area contributed by atoms with Gasteiger partial charge in [-0.1, -0.05) is 6.42 Å². The Morgan fingerprint density at radius 1 is 0.964 bits per heavy atom. The van der Waals surface area contributed by atoms with Gasteiger partial charge < -0.3 is 15.1 Å². The second-order valence-electron chi connectivity index (χ2n) is 7.33. The molecule has 2 amide bonds. The molecule has 0 radical (unpaired) electrons. The molecule has 3 rings (SSSR count). The first-order chi connectivity index (χ1) is 13.5. The van der Waals surface area contributed by atoms with Crippen molar-refractivity contribution in [1.29, 1.82) is 0 Å². The summed E-state index contributed by atoms with van der Waals surface area (Å²) >= 11 is 0. The number of halogens is 1. The molecule has 2 aliphatic heterocycles. The number of hydrogen-bond acceptors (Lipinski definition) is 4. The molecule has 0 saturated carbocycles. The second-order valence-corrected chi connectivity index (χ2v) is 9.27. The van der Waals surface area contributed by atoms with Gasteiger partial charge in [0.2, 0.25) is 10.0 Å². The molecule has 0 unspecified atom stereocenters. The number of piperidine rings is 1. The summed E-state index contributed by atoms with van der Waals surface area (Å²) in [6.45, 7) is 5.10. The molecule has 2 heterocycles. The molecular formula is C19H29FN4O3S. The SMILES string of the molecule is O=C(NCCCN1CCCCC1)N1CCN(S(=O)(=O)c2ccc(F)cc2)CC1. The number of sulfonamides is 1. The van der Waals surface area contributed by atoms with Gasteiger partial charge in [-0.3, -0.25) is 0 Å². The number of amides is 2. The number of carbonyl (C=O) groups is 1. The van der Waals surface area contributed by atoms with Gasteiger partial charge in [0, 0.05) is 32.7 Å². The molecule has 1 N–H and O–H groups in total. The first kappa shape index (κ1) is 21.0. The molecule has 7 nitrogen and oxygen atoms in total. The van der Waals surface area contributed by atoms with Crippen LogP contribution in [0.25, 0.3) is 0 Å².